The zero-order chi connectivity index (χ0) is 19.3. The van der Waals surface area contributed by atoms with Crippen LogP contribution in [0.2, 0.25) is 0 Å². The summed E-state index contributed by atoms with van der Waals surface area (Å²) in [7, 11) is 0. The first kappa shape index (κ1) is 24.4. The van der Waals surface area contributed by atoms with E-state index in [0.717, 1.165) is 31.1 Å². The summed E-state index contributed by atoms with van der Waals surface area (Å²) in [4.78, 5) is 9.34. The van der Waals surface area contributed by atoms with Crippen molar-refractivity contribution >= 4 is 6.41 Å². The summed E-state index contributed by atoms with van der Waals surface area (Å²) >= 11 is 0. The molecule has 0 spiro atoms. The van der Waals surface area contributed by atoms with Gasteiger partial charge in [-0.1, -0.05) is 75.3 Å². The Morgan fingerprint density at radius 1 is 0.962 bits per heavy atom. The molecule has 1 fully saturated rings. The second-order valence-electron chi connectivity index (χ2n) is 6.72. The van der Waals surface area contributed by atoms with Crippen molar-refractivity contribution in [1.29, 1.82) is 0 Å². The maximum Gasteiger partial charge on any atom is 0.207 e. The van der Waals surface area contributed by atoms with Gasteiger partial charge in [0.2, 0.25) is 6.41 Å². The lowest BCUT2D eigenvalue weighted by Gasteiger charge is -1.90. The van der Waals surface area contributed by atoms with E-state index in [2.05, 4.69) is 67.8 Å². The van der Waals surface area contributed by atoms with E-state index >= 15 is 0 Å². The molecule has 0 aromatic rings. The van der Waals surface area contributed by atoms with Gasteiger partial charge in [0, 0.05) is 6.54 Å². The number of carbonyl (C=O) groups is 1. The van der Waals surface area contributed by atoms with Crippen LogP contribution < -0.4 is 5.32 Å². The number of rotatable bonds is 14. The first-order valence-electron chi connectivity index (χ1n) is 10.2. The number of unbranched alkanes of at least 4 members (excludes halogenated alkanes) is 3. The van der Waals surface area contributed by atoms with Gasteiger partial charge in [-0.25, -0.2) is 0 Å². The molecule has 0 radical (unpaired) electrons. The molecule has 2 N–H and O–H groups in total. The van der Waals surface area contributed by atoms with Crippen LogP contribution in [-0.4, -0.2) is 24.7 Å². The van der Waals surface area contributed by atoms with Crippen LogP contribution >= 0.6 is 0 Å². The molecule has 1 aliphatic carbocycles. The first-order chi connectivity index (χ1) is 12.8. The Morgan fingerprint density at radius 3 is 2.00 bits per heavy atom. The summed E-state index contributed by atoms with van der Waals surface area (Å²) in [5.74, 6) is 1.82. The van der Waals surface area contributed by atoms with E-state index in [1.165, 1.54) is 32.1 Å². The SMILES string of the molecule is CCCCC/C=C\C/C=C\C/C=C\C/C=C\C1CC1C.O=CNCCO. The van der Waals surface area contributed by atoms with Crippen LogP contribution in [0.1, 0.15) is 65.2 Å². The Kier molecular flexibility index (Phi) is 18.5. The minimum atomic E-state index is 0.0126. The van der Waals surface area contributed by atoms with Crippen molar-refractivity contribution in [3.63, 3.8) is 0 Å². The van der Waals surface area contributed by atoms with Gasteiger partial charge in [-0.3, -0.25) is 4.79 Å². The number of hydrogen-bond donors (Lipinski definition) is 2. The molecule has 26 heavy (non-hydrogen) atoms. The highest BCUT2D eigenvalue weighted by Crippen LogP contribution is 2.38. The van der Waals surface area contributed by atoms with Gasteiger partial charge in [-0.05, 0) is 50.4 Å². The van der Waals surface area contributed by atoms with Gasteiger partial charge < -0.3 is 10.4 Å². The number of hydrogen-bond acceptors (Lipinski definition) is 2. The number of carbonyl (C=O) groups excluding carboxylic acids is 1. The molecule has 0 aliphatic heterocycles. The molecule has 3 nitrogen and oxygen atoms in total. The highest BCUT2D eigenvalue weighted by atomic mass is 16.3. The Bertz CT molecular complexity index is 424. The Labute approximate surface area is 161 Å². The zero-order valence-corrected chi connectivity index (χ0v) is 16.8. The first-order valence-corrected chi connectivity index (χ1v) is 10.2. The second-order valence-corrected chi connectivity index (χ2v) is 6.72. The number of amides is 1. The van der Waals surface area contributed by atoms with E-state index in [4.69, 9.17) is 5.11 Å². The third-order valence-electron chi connectivity index (χ3n) is 4.19. The van der Waals surface area contributed by atoms with Gasteiger partial charge in [0.15, 0.2) is 0 Å². The summed E-state index contributed by atoms with van der Waals surface area (Å²) in [6, 6.07) is 0. The molecule has 0 aromatic heterocycles. The Hall–Kier alpha value is -1.61. The summed E-state index contributed by atoms with van der Waals surface area (Å²) in [5.41, 5.74) is 0. The summed E-state index contributed by atoms with van der Waals surface area (Å²) in [6.45, 7) is 4.94. The normalized spacial score (nSPS) is 19.3. The molecule has 0 saturated heterocycles. The summed E-state index contributed by atoms with van der Waals surface area (Å²) in [5, 5.41) is 10.2. The van der Waals surface area contributed by atoms with Crippen molar-refractivity contribution < 1.29 is 9.90 Å². The van der Waals surface area contributed by atoms with E-state index in [-0.39, 0.29) is 6.61 Å². The predicted octanol–water partition coefficient (Wildman–Crippen LogP) is 5.34. The largest absolute Gasteiger partial charge is 0.395 e. The van der Waals surface area contributed by atoms with Crippen LogP contribution in [-0.2, 0) is 4.79 Å². The van der Waals surface area contributed by atoms with Crippen LogP contribution in [0.4, 0.5) is 0 Å². The van der Waals surface area contributed by atoms with Crippen molar-refractivity contribution in [3.8, 4) is 0 Å². The highest BCUT2D eigenvalue weighted by molar-refractivity contribution is 5.45. The Balaban J connectivity index is 0.000000896. The third kappa shape index (κ3) is 18.7. The van der Waals surface area contributed by atoms with E-state index in [9.17, 15) is 4.79 Å². The lowest BCUT2D eigenvalue weighted by molar-refractivity contribution is -0.109. The maximum atomic E-state index is 9.34. The van der Waals surface area contributed by atoms with Crippen LogP contribution in [0, 0.1) is 11.8 Å². The van der Waals surface area contributed by atoms with Crippen LogP contribution in [0.25, 0.3) is 0 Å². The lowest BCUT2D eigenvalue weighted by atomic mass is 10.2. The van der Waals surface area contributed by atoms with Gasteiger partial charge in [0.25, 0.3) is 0 Å². The monoisotopic (exact) mass is 361 g/mol. The van der Waals surface area contributed by atoms with Crippen LogP contribution in [0.5, 0.6) is 0 Å². The van der Waals surface area contributed by atoms with Crippen molar-refractivity contribution in [3.05, 3.63) is 48.6 Å². The fourth-order valence-electron chi connectivity index (χ4n) is 2.34. The van der Waals surface area contributed by atoms with E-state index in [0.29, 0.717) is 13.0 Å². The average molecular weight is 362 g/mol. The molecule has 0 aromatic carbocycles. The molecule has 3 heteroatoms. The molecule has 0 bridgehead atoms. The van der Waals surface area contributed by atoms with Gasteiger partial charge in [0.05, 0.1) is 6.61 Å². The molecular weight excluding hydrogens is 322 g/mol. The topological polar surface area (TPSA) is 49.3 Å². The molecule has 2 unspecified atom stereocenters. The second kappa shape index (κ2) is 19.7. The maximum absolute atomic E-state index is 9.34. The van der Waals surface area contributed by atoms with E-state index in [1.54, 1.807) is 0 Å². The molecule has 148 valence electrons. The number of nitrogens with one attached hydrogen (secondary N) is 1. The average Bonchev–Trinajstić information content (AvgIpc) is 3.36. The molecular formula is C23H39NO2. The van der Waals surface area contributed by atoms with Gasteiger partial charge in [-0.2, -0.15) is 0 Å². The number of aliphatic hydroxyl groups excluding tert-OH is 1. The molecule has 0 heterocycles. The minimum Gasteiger partial charge on any atom is -0.395 e. The number of aliphatic hydroxyl groups is 1. The van der Waals surface area contributed by atoms with E-state index in [1.807, 2.05) is 0 Å². The molecule has 1 aliphatic rings. The zero-order valence-electron chi connectivity index (χ0n) is 16.8. The molecule has 1 rings (SSSR count). The summed E-state index contributed by atoms with van der Waals surface area (Å²) in [6.07, 6.45) is 28.8. The quantitative estimate of drug-likeness (QED) is 0.249. The molecule has 1 saturated carbocycles. The standard InChI is InChI=1S/C20H32.C3H7NO2/c1-3-4-5-6-7-8-9-10-11-12-13-14-15-16-17-20-18-19(20)2;5-2-1-4-3-6/h7-8,10-11,13-14,16-17,19-20H,3-6,9,12,15,18H2,1-2H3;3,5H,1-2H2,(H,4,6)/b8-7-,11-10-,14-13-,17-16-;. The smallest absolute Gasteiger partial charge is 0.207 e. The van der Waals surface area contributed by atoms with Gasteiger partial charge >= 0.3 is 0 Å². The summed E-state index contributed by atoms with van der Waals surface area (Å²) < 4.78 is 0. The Morgan fingerprint density at radius 2 is 1.54 bits per heavy atom. The fraction of sp³-hybridized carbons (Fsp3) is 0.609. The van der Waals surface area contributed by atoms with Gasteiger partial charge in [0.1, 0.15) is 0 Å². The van der Waals surface area contributed by atoms with Crippen molar-refractivity contribution in [2.75, 3.05) is 13.2 Å². The highest BCUT2D eigenvalue weighted by Gasteiger charge is 2.29. The molecule has 1 amide bonds. The fourth-order valence-corrected chi connectivity index (χ4v) is 2.34. The minimum absolute atomic E-state index is 0.0126. The molecule has 2 atom stereocenters. The van der Waals surface area contributed by atoms with Crippen LogP contribution in [0.15, 0.2) is 48.6 Å². The van der Waals surface area contributed by atoms with Crippen molar-refractivity contribution in [1.82, 2.24) is 5.32 Å². The number of allylic oxidation sites excluding steroid dienone is 8. The lowest BCUT2D eigenvalue weighted by Crippen LogP contribution is -2.14. The van der Waals surface area contributed by atoms with Crippen LogP contribution in [0.3, 0.4) is 0 Å². The van der Waals surface area contributed by atoms with E-state index < -0.39 is 0 Å². The van der Waals surface area contributed by atoms with Crippen molar-refractivity contribution in [2.24, 2.45) is 11.8 Å². The van der Waals surface area contributed by atoms with Crippen molar-refractivity contribution in [2.45, 2.75) is 65.2 Å². The third-order valence-corrected chi connectivity index (χ3v) is 4.19. The predicted molar refractivity (Wildman–Crippen MR) is 113 cm³/mol. The van der Waals surface area contributed by atoms with Gasteiger partial charge in [-0.15, -0.1) is 0 Å².